The number of carbonyl (C=O) groups excluding carboxylic acids is 1. The molecule has 1 aromatic heterocycles. The molecule has 2 rings (SSSR count). The molecule has 0 aromatic carbocycles. The predicted molar refractivity (Wildman–Crippen MR) is 60.9 cm³/mol. The van der Waals surface area contributed by atoms with E-state index in [-0.39, 0.29) is 0 Å². The lowest BCUT2D eigenvalue weighted by Gasteiger charge is -2.38. The highest BCUT2D eigenvalue weighted by molar-refractivity contribution is 7.09. The van der Waals surface area contributed by atoms with Crippen LogP contribution in [0.4, 0.5) is 0 Å². The number of ether oxygens (including phenoxy) is 1. The Bertz CT molecular complexity index is 368. The average molecular weight is 241 g/mol. The van der Waals surface area contributed by atoms with Crippen molar-refractivity contribution in [1.82, 2.24) is 9.88 Å². The second-order valence-electron chi connectivity index (χ2n) is 4.12. The van der Waals surface area contributed by atoms with Gasteiger partial charge in [-0.3, -0.25) is 14.7 Å². The van der Waals surface area contributed by atoms with Gasteiger partial charge >= 0.3 is 0 Å². The summed E-state index contributed by atoms with van der Waals surface area (Å²) < 4.78 is 5.45. The van der Waals surface area contributed by atoms with Crippen molar-refractivity contribution in [2.75, 3.05) is 19.7 Å². The summed E-state index contributed by atoms with van der Waals surface area (Å²) in [5.74, 6) is -0.401. The summed E-state index contributed by atoms with van der Waals surface area (Å²) in [6, 6.07) is 0. The Morgan fingerprint density at radius 2 is 2.62 bits per heavy atom. The van der Waals surface area contributed by atoms with Gasteiger partial charge in [0.2, 0.25) is 0 Å². The molecule has 1 aliphatic heterocycles. The summed E-state index contributed by atoms with van der Waals surface area (Å²) in [4.78, 5) is 18.7. The number of nitrogens with zero attached hydrogens (tertiary/aromatic N) is 2. The zero-order chi connectivity index (χ0) is 11.6. The molecule has 1 unspecified atom stereocenters. The number of rotatable bonds is 3. The van der Waals surface area contributed by atoms with Crippen molar-refractivity contribution in [1.29, 1.82) is 0 Å². The first-order chi connectivity index (χ1) is 7.60. The minimum Gasteiger partial charge on any atom is -0.367 e. The molecule has 1 atom stereocenters. The molecule has 0 aliphatic carbocycles. The van der Waals surface area contributed by atoms with Crippen LogP contribution in [-0.2, 0) is 16.1 Å². The van der Waals surface area contributed by atoms with Crippen molar-refractivity contribution >= 4 is 17.2 Å². The molecule has 1 amide bonds. The molecule has 2 N–H and O–H groups in total. The molecule has 16 heavy (non-hydrogen) atoms. The summed E-state index contributed by atoms with van der Waals surface area (Å²) in [5, 5.41) is 0. The van der Waals surface area contributed by atoms with E-state index in [2.05, 4.69) is 9.88 Å². The first-order valence-electron chi connectivity index (χ1n) is 5.14. The fourth-order valence-corrected chi connectivity index (χ4v) is 2.41. The van der Waals surface area contributed by atoms with Crippen molar-refractivity contribution in [2.24, 2.45) is 5.73 Å². The summed E-state index contributed by atoms with van der Waals surface area (Å²) in [7, 11) is 0. The monoisotopic (exact) mass is 241 g/mol. The highest BCUT2D eigenvalue weighted by Crippen LogP contribution is 2.19. The van der Waals surface area contributed by atoms with Crippen LogP contribution in [0.5, 0.6) is 0 Å². The van der Waals surface area contributed by atoms with Crippen LogP contribution in [0.15, 0.2) is 11.7 Å². The highest BCUT2D eigenvalue weighted by atomic mass is 32.1. The van der Waals surface area contributed by atoms with Crippen molar-refractivity contribution in [3.8, 4) is 0 Å². The van der Waals surface area contributed by atoms with Gasteiger partial charge in [0.15, 0.2) is 5.60 Å². The van der Waals surface area contributed by atoms with Crippen LogP contribution < -0.4 is 5.73 Å². The summed E-state index contributed by atoms with van der Waals surface area (Å²) >= 11 is 1.62. The van der Waals surface area contributed by atoms with E-state index >= 15 is 0 Å². The van der Waals surface area contributed by atoms with Crippen molar-refractivity contribution in [3.63, 3.8) is 0 Å². The average Bonchev–Trinajstić information content (AvgIpc) is 2.70. The lowest BCUT2D eigenvalue weighted by molar-refractivity contribution is -0.153. The summed E-state index contributed by atoms with van der Waals surface area (Å²) in [6.45, 7) is 4.45. The van der Waals surface area contributed by atoms with Crippen molar-refractivity contribution in [2.45, 2.75) is 19.1 Å². The third-order valence-corrected chi connectivity index (χ3v) is 3.50. The van der Waals surface area contributed by atoms with Crippen LogP contribution >= 0.6 is 11.3 Å². The molecule has 88 valence electrons. The van der Waals surface area contributed by atoms with Crippen molar-refractivity contribution in [3.05, 3.63) is 16.6 Å². The number of hydrogen-bond donors (Lipinski definition) is 1. The maximum Gasteiger partial charge on any atom is 0.250 e. The van der Waals surface area contributed by atoms with E-state index in [0.717, 1.165) is 13.1 Å². The normalized spacial score (nSPS) is 26.8. The molecule has 0 radical (unpaired) electrons. The minimum absolute atomic E-state index is 0.401. The van der Waals surface area contributed by atoms with Crippen LogP contribution in [0, 0.1) is 0 Å². The number of primary amides is 1. The van der Waals surface area contributed by atoms with Gasteiger partial charge in [0.05, 0.1) is 12.1 Å². The maximum atomic E-state index is 11.3. The van der Waals surface area contributed by atoms with Crippen LogP contribution in [0.1, 0.15) is 11.8 Å². The molecule has 1 fully saturated rings. The molecule has 1 aromatic rings. The van der Waals surface area contributed by atoms with E-state index in [4.69, 9.17) is 10.5 Å². The van der Waals surface area contributed by atoms with Gasteiger partial charge in [-0.1, -0.05) is 0 Å². The molecule has 1 saturated heterocycles. The molecule has 0 spiro atoms. The SMILES string of the molecule is CC1(C(N)=O)CN(Cc2cncs2)CCO1. The number of amides is 1. The molecule has 0 saturated carbocycles. The Morgan fingerprint density at radius 1 is 1.81 bits per heavy atom. The molecular formula is C10H15N3O2S. The standard InChI is InChI=1S/C10H15N3O2S/c1-10(9(11)14)6-13(2-3-15-10)5-8-4-12-7-16-8/h4,7H,2-3,5-6H2,1H3,(H2,11,14). The van der Waals surface area contributed by atoms with Gasteiger partial charge < -0.3 is 10.5 Å². The van der Waals surface area contributed by atoms with Crippen LogP contribution in [-0.4, -0.2) is 41.1 Å². The fraction of sp³-hybridized carbons (Fsp3) is 0.600. The van der Waals surface area contributed by atoms with Crippen molar-refractivity contribution < 1.29 is 9.53 Å². The number of morpholine rings is 1. The van der Waals surface area contributed by atoms with Crippen LogP contribution in [0.25, 0.3) is 0 Å². The van der Waals surface area contributed by atoms with E-state index in [1.54, 1.807) is 18.3 Å². The molecule has 2 heterocycles. The third kappa shape index (κ3) is 2.40. The minimum atomic E-state index is -0.858. The lowest BCUT2D eigenvalue weighted by Crippen LogP contribution is -2.56. The Labute approximate surface area is 98.2 Å². The number of carbonyl (C=O) groups is 1. The molecular weight excluding hydrogens is 226 g/mol. The van der Waals surface area contributed by atoms with Crippen LogP contribution in [0.3, 0.4) is 0 Å². The van der Waals surface area contributed by atoms with Gasteiger partial charge in [-0.2, -0.15) is 0 Å². The quantitative estimate of drug-likeness (QED) is 0.822. The number of thiazole rings is 1. The fourth-order valence-electron chi connectivity index (χ4n) is 1.78. The Balaban J connectivity index is 1.99. The largest absolute Gasteiger partial charge is 0.367 e. The predicted octanol–water partition coefficient (Wildman–Crippen LogP) is 0.219. The van der Waals surface area contributed by atoms with Gasteiger partial charge in [-0.05, 0) is 6.92 Å². The Hall–Kier alpha value is -0.980. The zero-order valence-corrected chi connectivity index (χ0v) is 10.00. The van der Waals surface area contributed by atoms with E-state index in [0.29, 0.717) is 13.2 Å². The highest BCUT2D eigenvalue weighted by Gasteiger charge is 2.37. The van der Waals surface area contributed by atoms with Gasteiger partial charge in [-0.15, -0.1) is 11.3 Å². The van der Waals surface area contributed by atoms with Crippen LogP contribution in [0.2, 0.25) is 0 Å². The number of nitrogens with two attached hydrogens (primary N) is 1. The maximum absolute atomic E-state index is 11.3. The number of hydrogen-bond acceptors (Lipinski definition) is 5. The lowest BCUT2D eigenvalue weighted by atomic mass is 10.0. The van der Waals surface area contributed by atoms with Gasteiger partial charge in [0.1, 0.15) is 0 Å². The van der Waals surface area contributed by atoms with Gasteiger partial charge in [-0.25, -0.2) is 0 Å². The first-order valence-corrected chi connectivity index (χ1v) is 6.02. The molecule has 0 bridgehead atoms. The first kappa shape index (κ1) is 11.5. The Kier molecular flexibility index (Phi) is 3.22. The Morgan fingerprint density at radius 3 is 3.25 bits per heavy atom. The second-order valence-corrected chi connectivity index (χ2v) is 5.09. The van der Waals surface area contributed by atoms with Gasteiger partial charge in [0, 0.05) is 30.7 Å². The van der Waals surface area contributed by atoms with E-state index in [1.165, 1.54) is 4.88 Å². The topological polar surface area (TPSA) is 68.5 Å². The van der Waals surface area contributed by atoms with E-state index < -0.39 is 11.5 Å². The smallest absolute Gasteiger partial charge is 0.250 e. The zero-order valence-electron chi connectivity index (χ0n) is 9.18. The van der Waals surface area contributed by atoms with Gasteiger partial charge in [0.25, 0.3) is 5.91 Å². The molecule has 1 aliphatic rings. The molecule has 5 nitrogen and oxygen atoms in total. The summed E-state index contributed by atoms with van der Waals surface area (Å²) in [5.41, 5.74) is 6.29. The molecule has 6 heteroatoms. The van der Waals surface area contributed by atoms with E-state index in [1.807, 2.05) is 11.7 Å². The summed E-state index contributed by atoms with van der Waals surface area (Å²) in [6.07, 6.45) is 1.85. The second kappa shape index (κ2) is 4.48. The number of aromatic nitrogens is 1. The third-order valence-electron chi connectivity index (χ3n) is 2.74. The van der Waals surface area contributed by atoms with E-state index in [9.17, 15) is 4.79 Å².